The SMILES string of the molecule is CC(=O)Nc1ncc(CN2CCC(Cc3cc(C)cnc3C)C2)s1.S. The number of carbonyl (C=O) groups is 1. The molecule has 0 spiro atoms. The van der Waals surface area contributed by atoms with Crippen LogP contribution in [0.3, 0.4) is 0 Å². The minimum atomic E-state index is -0.0701. The average molecular weight is 379 g/mol. The van der Waals surface area contributed by atoms with Gasteiger partial charge < -0.3 is 5.32 Å². The van der Waals surface area contributed by atoms with E-state index in [1.165, 1.54) is 29.3 Å². The van der Waals surface area contributed by atoms with Crippen LogP contribution >= 0.6 is 24.8 Å². The van der Waals surface area contributed by atoms with Crippen molar-refractivity contribution < 1.29 is 4.79 Å². The standard InChI is InChI=1S/C18H24N4OS.H2S/c1-12-6-16(13(2)19-8-12)7-15-4-5-22(10-15)11-17-9-20-18(24-17)21-14(3)23;/h6,8-9,15H,4-5,7,10-11H2,1-3H3,(H,20,21,23);1H2. The lowest BCUT2D eigenvalue weighted by Gasteiger charge is -2.15. The summed E-state index contributed by atoms with van der Waals surface area (Å²) in [4.78, 5) is 23.5. The van der Waals surface area contributed by atoms with Gasteiger partial charge in [0.1, 0.15) is 0 Å². The van der Waals surface area contributed by atoms with Crippen LogP contribution in [0.4, 0.5) is 5.13 Å². The Balaban J connectivity index is 0.00000225. The molecule has 2 aromatic rings. The summed E-state index contributed by atoms with van der Waals surface area (Å²) >= 11 is 1.56. The zero-order chi connectivity index (χ0) is 17.1. The molecule has 1 fully saturated rings. The van der Waals surface area contributed by atoms with Gasteiger partial charge in [-0.1, -0.05) is 6.07 Å². The fraction of sp³-hybridized carbons (Fsp3) is 0.500. The summed E-state index contributed by atoms with van der Waals surface area (Å²) in [6.45, 7) is 8.86. The van der Waals surface area contributed by atoms with Crippen LogP contribution in [0.15, 0.2) is 18.5 Å². The Morgan fingerprint density at radius 2 is 2.16 bits per heavy atom. The van der Waals surface area contributed by atoms with Crippen molar-refractivity contribution in [3.8, 4) is 0 Å². The van der Waals surface area contributed by atoms with Crippen LogP contribution < -0.4 is 5.32 Å². The normalized spacial score (nSPS) is 17.3. The molecule has 5 nitrogen and oxygen atoms in total. The maximum absolute atomic E-state index is 11.1. The van der Waals surface area contributed by atoms with Gasteiger partial charge in [-0.3, -0.25) is 14.7 Å². The first-order valence-corrected chi connectivity index (χ1v) is 9.18. The quantitative estimate of drug-likeness (QED) is 0.867. The zero-order valence-electron chi connectivity index (χ0n) is 15.0. The number of carbonyl (C=O) groups excluding carboxylic acids is 1. The number of nitrogens with zero attached hydrogens (tertiary/aromatic N) is 3. The van der Waals surface area contributed by atoms with Crippen molar-refractivity contribution in [3.63, 3.8) is 0 Å². The minimum absolute atomic E-state index is 0. The molecule has 0 bridgehead atoms. The molecule has 0 aromatic carbocycles. The highest BCUT2D eigenvalue weighted by Gasteiger charge is 2.24. The Bertz CT molecular complexity index is 732. The Labute approximate surface area is 160 Å². The van der Waals surface area contributed by atoms with Gasteiger partial charge >= 0.3 is 0 Å². The molecule has 0 radical (unpaired) electrons. The van der Waals surface area contributed by atoms with E-state index in [0.29, 0.717) is 11.0 Å². The van der Waals surface area contributed by atoms with Crippen molar-refractivity contribution in [3.05, 3.63) is 40.2 Å². The molecule has 136 valence electrons. The fourth-order valence-electron chi connectivity index (χ4n) is 3.25. The predicted octanol–water partition coefficient (Wildman–Crippen LogP) is 3.29. The second-order valence-corrected chi connectivity index (χ2v) is 7.78. The van der Waals surface area contributed by atoms with Gasteiger partial charge in [-0.25, -0.2) is 4.98 Å². The number of aromatic nitrogens is 2. The first-order valence-electron chi connectivity index (χ1n) is 8.36. The van der Waals surface area contributed by atoms with E-state index in [-0.39, 0.29) is 19.4 Å². The first kappa shape index (κ1) is 19.9. The van der Waals surface area contributed by atoms with Gasteiger partial charge in [0.2, 0.25) is 5.91 Å². The molecule has 1 aliphatic rings. The number of hydrogen-bond donors (Lipinski definition) is 1. The number of anilines is 1. The van der Waals surface area contributed by atoms with Crippen molar-refractivity contribution in [2.75, 3.05) is 18.4 Å². The van der Waals surface area contributed by atoms with Crippen molar-refractivity contribution >= 4 is 35.9 Å². The number of pyridine rings is 1. The van der Waals surface area contributed by atoms with Gasteiger partial charge in [0, 0.05) is 43.0 Å². The van der Waals surface area contributed by atoms with E-state index in [4.69, 9.17) is 0 Å². The lowest BCUT2D eigenvalue weighted by atomic mass is 9.97. The molecular weight excluding hydrogens is 352 g/mol. The molecule has 1 aliphatic heterocycles. The molecule has 1 amide bonds. The summed E-state index contributed by atoms with van der Waals surface area (Å²) in [5.41, 5.74) is 3.77. The number of thiazole rings is 1. The lowest BCUT2D eigenvalue weighted by molar-refractivity contribution is -0.114. The number of rotatable bonds is 5. The van der Waals surface area contributed by atoms with E-state index in [9.17, 15) is 4.79 Å². The molecule has 7 heteroatoms. The molecule has 1 unspecified atom stereocenters. The summed E-state index contributed by atoms with van der Waals surface area (Å²) in [5.74, 6) is 0.620. The van der Waals surface area contributed by atoms with Crippen LogP contribution in [-0.2, 0) is 17.8 Å². The summed E-state index contributed by atoms with van der Waals surface area (Å²) in [6, 6.07) is 2.27. The largest absolute Gasteiger partial charge is 0.302 e. The maximum atomic E-state index is 11.1. The Hall–Kier alpha value is -1.44. The number of aryl methyl sites for hydroxylation is 2. The van der Waals surface area contributed by atoms with Crippen LogP contribution in [0, 0.1) is 19.8 Å². The predicted molar refractivity (Wildman–Crippen MR) is 108 cm³/mol. The molecular formula is C18H26N4OS2. The third-order valence-corrected chi connectivity index (χ3v) is 5.32. The molecule has 25 heavy (non-hydrogen) atoms. The van der Waals surface area contributed by atoms with Crippen LogP contribution in [0.5, 0.6) is 0 Å². The summed E-state index contributed by atoms with van der Waals surface area (Å²) in [6.07, 6.45) is 6.15. The highest BCUT2D eigenvalue weighted by molar-refractivity contribution is 7.59. The van der Waals surface area contributed by atoms with Crippen molar-refractivity contribution in [1.29, 1.82) is 0 Å². The van der Waals surface area contributed by atoms with Crippen LogP contribution in [0.25, 0.3) is 0 Å². The van der Waals surface area contributed by atoms with Crippen LogP contribution in [0.2, 0.25) is 0 Å². The smallest absolute Gasteiger partial charge is 0.223 e. The van der Waals surface area contributed by atoms with E-state index in [0.717, 1.165) is 31.7 Å². The van der Waals surface area contributed by atoms with E-state index >= 15 is 0 Å². The van der Waals surface area contributed by atoms with Crippen LogP contribution in [0.1, 0.15) is 35.0 Å². The van der Waals surface area contributed by atoms with Crippen molar-refractivity contribution in [2.45, 2.75) is 40.2 Å². The number of hydrogen-bond acceptors (Lipinski definition) is 5. The topological polar surface area (TPSA) is 58.1 Å². The van der Waals surface area contributed by atoms with E-state index in [2.05, 4.69) is 40.1 Å². The monoisotopic (exact) mass is 378 g/mol. The number of nitrogens with one attached hydrogen (secondary N) is 1. The second-order valence-electron chi connectivity index (χ2n) is 6.66. The number of likely N-dealkylation sites (tertiary alicyclic amines) is 1. The van der Waals surface area contributed by atoms with Gasteiger partial charge in [0.15, 0.2) is 5.13 Å². The molecule has 3 heterocycles. The molecule has 1 atom stereocenters. The molecule has 0 aliphatic carbocycles. The van der Waals surface area contributed by atoms with Crippen LogP contribution in [-0.4, -0.2) is 33.9 Å². The summed E-state index contributed by atoms with van der Waals surface area (Å²) in [5, 5.41) is 3.44. The molecule has 2 aromatic heterocycles. The zero-order valence-corrected chi connectivity index (χ0v) is 16.8. The van der Waals surface area contributed by atoms with Gasteiger partial charge in [-0.15, -0.1) is 11.3 Å². The Morgan fingerprint density at radius 1 is 1.36 bits per heavy atom. The Morgan fingerprint density at radius 3 is 2.92 bits per heavy atom. The maximum Gasteiger partial charge on any atom is 0.223 e. The Kier molecular flexibility index (Phi) is 6.98. The van der Waals surface area contributed by atoms with Crippen molar-refractivity contribution in [1.82, 2.24) is 14.9 Å². The molecule has 0 saturated carbocycles. The molecule has 1 saturated heterocycles. The fourth-order valence-corrected chi connectivity index (χ4v) is 4.15. The van der Waals surface area contributed by atoms with Gasteiger partial charge in [-0.2, -0.15) is 13.5 Å². The summed E-state index contributed by atoms with van der Waals surface area (Å²) in [7, 11) is 0. The molecule has 3 rings (SSSR count). The van der Waals surface area contributed by atoms with Gasteiger partial charge in [0.05, 0.1) is 0 Å². The third kappa shape index (κ3) is 5.52. The second kappa shape index (κ2) is 8.78. The third-order valence-electron chi connectivity index (χ3n) is 4.42. The number of amides is 1. The van der Waals surface area contributed by atoms with Crippen molar-refractivity contribution in [2.24, 2.45) is 5.92 Å². The van der Waals surface area contributed by atoms with Gasteiger partial charge in [-0.05, 0) is 50.3 Å². The van der Waals surface area contributed by atoms with E-state index < -0.39 is 0 Å². The first-order chi connectivity index (χ1) is 11.5. The highest BCUT2D eigenvalue weighted by atomic mass is 32.1. The van der Waals surface area contributed by atoms with E-state index in [1.54, 1.807) is 11.3 Å². The van der Waals surface area contributed by atoms with E-state index in [1.807, 2.05) is 12.4 Å². The summed E-state index contributed by atoms with van der Waals surface area (Å²) < 4.78 is 0. The average Bonchev–Trinajstić information content (AvgIpc) is 3.13. The molecule has 1 N–H and O–H groups in total. The lowest BCUT2D eigenvalue weighted by Crippen LogP contribution is -2.20. The van der Waals surface area contributed by atoms with Gasteiger partial charge in [0.25, 0.3) is 0 Å². The minimum Gasteiger partial charge on any atom is -0.302 e. The highest BCUT2D eigenvalue weighted by Crippen LogP contribution is 2.26.